The van der Waals surface area contributed by atoms with E-state index in [1.807, 2.05) is 33.8 Å². The van der Waals surface area contributed by atoms with Crippen LogP contribution in [0.1, 0.15) is 117 Å². The Labute approximate surface area is 201 Å². The fourth-order valence-electron chi connectivity index (χ4n) is 3.70. The number of allylic oxidation sites excluding steroid dienone is 4. The molecule has 186 valence electrons. The maximum atomic E-state index is 10.9. The molecule has 33 heavy (non-hydrogen) atoms. The van der Waals surface area contributed by atoms with Crippen LogP contribution in [0, 0.1) is 27.7 Å². The molecule has 0 aliphatic rings. The third-order valence-corrected chi connectivity index (χ3v) is 5.91. The molecule has 1 rings (SSSR count). The Morgan fingerprint density at radius 2 is 1.27 bits per heavy atom. The molecule has 0 radical (unpaired) electrons. The number of hydrogen-bond donors (Lipinski definition) is 2. The van der Waals surface area contributed by atoms with E-state index in [1.165, 1.54) is 44.9 Å². The topological polar surface area (TPSA) is 74.6 Å². The van der Waals surface area contributed by atoms with Gasteiger partial charge in [0, 0.05) is 6.42 Å². The molecule has 0 atom stereocenters. The Morgan fingerprint density at radius 1 is 0.727 bits per heavy atom. The highest BCUT2D eigenvalue weighted by Gasteiger charge is 2.13. The molecule has 1 aromatic rings. The summed E-state index contributed by atoms with van der Waals surface area (Å²) in [5.74, 6) is -1.51. The highest BCUT2D eigenvalue weighted by Crippen LogP contribution is 2.21. The van der Waals surface area contributed by atoms with Crippen molar-refractivity contribution in [2.45, 2.75) is 112 Å². The molecule has 0 amide bonds. The van der Waals surface area contributed by atoms with Crippen LogP contribution in [0.2, 0.25) is 0 Å². The van der Waals surface area contributed by atoms with Crippen LogP contribution >= 0.6 is 0 Å². The molecule has 4 heteroatoms. The van der Waals surface area contributed by atoms with Gasteiger partial charge in [0.05, 0.1) is 5.56 Å². The zero-order valence-electron chi connectivity index (χ0n) is 21.6. The lowest BCUT2D eigenvalue weighted by molar-refractivity contribution is -0.137. The monoisotopic (exact) mass is 458 g/mol. The van der Waals surface area contributed by atoms with Crippen molar-refractivity contribution in [3.8, 4) is 0 Å². The second-order valence-corrected chi connectivity index (χ2v) is 8.81. The second-order valence-electron chi connectivity index (χ2n) is 8.81. The van der Waals surface area contributed by atoms with Gasteiger partial charge in [0.25, 0.3) is 0 Å². The van der Waals surface area contributed by atoms with Crippen molar-refractivity contribution in [3.63, 3.8) is 0 Å². The van der Waals surface area contributed by atoms with Crippen molar-refractivity contribution < 1.29 is 19.8 Å². The highest BCUT2D eigenvalue weighted by molar-refractivity contribution is 5.91. The molecule has 1 aromatic carbocycles. The third-order valence-electron chi connectivity index (χ3n) is 5.91. The number of unbranched alkanes of at least 4 members (excludes halogenated alkanes) is 8. The molecule has 0 saturated carbocycles. The molecule has 2 N–H and O–H groups in total. The van der Waals surface area contributed by atoms with E-state index >= 15 is 0 Å². The van der Waals surface area contributed by atoms with Crippen LogP contribution in [0.15, 0.2) is 30.4 Å². The molecule has 0 aromatic heterocycles. The maximum Gasteiger partial charge on any atom is 0.336 e. The zero-order chi connectivity index (χ0) is 25.1. The van der Waals surface area contributed by atoms with Gasteiger partial charge in [-0.05, 0) is 88.5 Å². The number of carboxylic acids is 2. The van der Waals surface area contributed by atoms with Crippen molar-refractivity contribution in [1.82, 2.24) is 0 Å². The Bertz CT molecular complexity index is 759. The molecule has 4 nitrogen and oxygen atoms in total. The Balaban J connectivity index is 0.000000676. The van der Waals surface area contributed by atoms with Gasteiger partial charge in [-0.1, -0.05) is 69.4 Å². The Morgan fingerprint density at radius 3 is 1.82 bits per heavy atom. The number of hydrogen-bond acceptors (Lipinski definition) is 2. The van der Waals surface area contributed by atoms with E-state index < -0.39 is 11.9 Å². The van der Waals surface area contributed by atoms with E-state index in [1.54, 1.807) is 0 Å². The second kappa shape index (κ2) is 19.1. The minimum absolute atomic E-state index is 0.324. The summed E-state index contributed by atoms with van der Waals surface area (Å²) in [4.78, 5) is 21.2. The van der Waals surface area contributed by atoms with Gasteiger partial charge in [-0.2, -0.15) is 0 Å². The van der Waals surface area contributed by atoms with Crippen molar-refractivity contribution in [1.29, 1.82) is 0 Å². The van der Waals surface area contributed by atoms with Crippen LogP contribution in [0.3, 0.4) is 0 Å². The van der Waals surface area contributed by atoms with Crippen LogP contribution in [-0.2, 0) is 4.79 Å². The number of aromatic carboxylic acids is 1. The first-order chi connectivity index (χ1) is 15.7. The summed E-state index contributed by atoms with van der Waals surface area (Å²) in [6, 6.07) is 1.92. The van der Waals surface area contributed by atoms with Gasteiger partial charge in [-0.25, -0.2) is 4.79 Å². The van der Waals surface area contributed by atoms with Gasteiger partial charge >= 0.3 is 11.9 Å². The smallest absolute Gasteiger partial charge is 0.336 e. The lowest BCUT2D eigenvalue weighted by atomic mass is 9.94. The van der Waals surface area contributed by atoms with Crippen molar-refractivity contribution in [3.05, 3.63) is 58.2 Å². The normalized spacial score (nSPS) is 11.1. The SMILES string of the molecule is CCCCC/C=C\C/C=C\CCCCCCCC(=O)O.Cc1cc(C)c(C(=O)O)c(C)c1C. The van der Waals surface area contributed by atoms with Gasteiger partial charge in [-0.15, -0.1) is 0 Å². The largest absolute Gasteiger partial charge is 0.481 e. The van der Waals surface area contributed by atoms with Crippen molar-refractivity contribution >= 4 is 11.9 Å². The summed E-state index contributed by atoms with van der Waals surface area (Å²) in [7, 11) is 0. The zero-order valence-corrected chi connectivity index (χ0v) is 21.6. The molecule has 0 bridgehead atoms. The minimum Gasteiger partial charge on any atom is -0.481 e. The summed E-state index contributed by atoms with van der Waals surface area (Å²) in [6.07, 6.45) is 22.3. The summed E-state index contributed by atoms with van der Waals surface area (Å²) in [6.45, 7) is 9.89. The van der Waals surface area contributed by atoms with E-state index in [9.17, 15) is 9.59 Å². The average Bonchev–Trinajstić information content (AvgIpc) is 2.75. The lowest BCUT2D eigenvalue weighted by Gasteiger charge is -2.11. The maximum absolute atomic E-state index is 10.9. The van der Waals surface area contributed by atoms with Crippen molar-refractivity contribution in [2.75, 3.05) is 0 Å². The van der Waals surface area contributed by atoms with Gasteiger partial charge < -0.3 is 10.2 Å². The summed E-state index contributed by atoms with van der Waals surface area (Å²) in [5, 5.41) is 17.5. The summed E-state index contributed by atoms with van der Waals surface area (Å²) in [5.41, 5.74) is 4.39. The first kappa shape index (κ1) is 30.6. The molecule has 0 aliphatic heterocycles. The molecule has 0 heterocycles. The predicted octanol–water partition coefficient (Wildman–Crippen LogP) is 8.50. The van der Waals surface area contributed by atoms with E-state index in [2.05, 4.69) is 31.2 Å². The standard InChI is InChI=1S/C18H32O2.C11H14O2/c1-2-3-4-5-6-7-8-9-10-11-12-13-14-15-16-17-18(19)20;1-6-5-7(2)10(11(12)13)9(4)8(6)3/h6-7,9-10H,2-5,8,11-17H2,1H3,(H,19,20);5H,1-4H3,(H,12,13)/b7-6-,10-9-;. The number of aliphatic carboxylic acids is 1. The van der Waals surface area contributed by atoms with Gasteiger partial charge in [0.2, 0.25) is 0 Å². The van der Waals surface area contributed by atoms with Crippen molar-refractivity contribution in [2.24, 2.45) is 0 Å². The van der Waals surface area contributed by atoms with Crippen LogP contribution in [0.4, 0.5) is 0 Å². The number of carbonyl (C=O) groups is 2. The van der Waals surface area contributed by atoms with Crippen LogP contribution in [0.5, 0.6) is 0 Å². The quantitative estimate of drug-likeness (QED) is 0.204. The number of carboxylic acid groups (broad SMARTS) is 2. The number of aryl methyl sites for hydroxylation is 2. The Hall–Kier alpha value is -2.36. The molecule has 0 aliphatic carbocycles. The predicted molar refractivity (Wildman–Crippen MR) is 139 cm³/mol. The van der Waals surface area contributed by atoms with Crippen LogP contribution < -0.4 is 0 Å². The third kappa shape index (κ3) is 15.2. The van der Waals surface area contributed by atoms with Gasteiger partial charge in [-0.3, -0.25) is 4.79 Å². The van der Waals surface area contributed by atoms with E-state index in [4.69, 9.17) is 10.2 Å². The van der Waals surface area contributed by atoms with Crippen LogP contribution in [0.25, 0.3) is 0 Å². The summed E-state index contributed by atoms with van der Waals surface area (Å²) < 4.78 is 0. The first-order valence-corrected chi connectivity index (χ1v) is 12.5. The minimum atomic E-state index is -0.835. The molecule has 0 unspecified atom stereocenters. The van der Waals surface area contributed by atoms with E-state index in [0.29, 0.717) is 12.0 Å². The molecule has 0 saturated heterocycles. The van der Waals surface area contributed by atoms with Gasteiger partial charge in [0.1, 0.15) is 0 Å². The fourth-order valence-corrected chi connectivity index (χ4v) is 3.70. The fraction of sp³-hybridized carbons (Fsp3) is 0.586. The van der Waals surface area contributed by atoms with E-state index in [-0.39, 0.29) is 0 Å². The Kier molecular flexibility index (Phi) is 17.8. The van der Waals surface area contributed by atoms with E-state index in [0.717, 1.165) is 47.9 Å². The molecule has 0 spiro atoms. The first-order valence-electron chi connectivity index (χ1n) is 12.5. The van der Waals surface area contributed by atoms with Crippen LogP contribution in [-0.4, -0.2) is 22.2 Å². The summed E-state index contributed by atoms with van der Waals surface area (Å²) >= 11 is 0. The molecular weight excluding hydrogens is 412 g/mol. The molecular formula is C29H46O4. The number of rotatable bonds is 15. The molecule has 0 fully saturated rings. The highest BCUT2D eigenvalue weighted by atomic mass is 16.4. The lowest BCUT2D eigenvalue weighted by Crippen LogP contribution is -2.05. The van der Waals surface area contributed by atoms with Gasteiger partial charge in [0.15, 0.2) is 0 Å². The average molecular weight is 459 g/mol. The number of benzene rings is 1.